The van der Waals surface area contributed by atoms with E-state index in [1.54, 1.807) is 7.05 Å². The summed E-state index contributed by atoms with van der Waals surface area (Å²) < 4.78 is 4.72. The first kappa shape index (κ1) is 18.9. The maximum absolute atomic E-state index is 12.8. The van der Waals surface area contributed by atoms with Gasteiger partial charge >= 0.3 is 5.69 Å². The summed E-state index contributed by atoms with van der Waals surface area (Å²) in [7, 11) is 3.23. The number of nitrogens with zero attached hydrogens (tertiary/aromatic N) is 5. The van der Waals surface area contributed by atoms with E-state index in [1.165, 1.54) is 35.4 Å². The third-order valence-corrected chi connectivity index (χ3v) is 5.54. The summed E-state index contributed by atoms with van der Waals surface area (Å²) in [4.78, 5) is 32.4. The number of piperidine rings is 1. The summed E-state index contributed by atoms with van der Waals surface area (Å²) in [5.41, 5.74) is 0.461. The predicted octanol–water partition coefficient (Wildman–Crippen LogP) is 1.85. The Morgan fingerprint density at radius 1 is 1.15 bits per heavy atom. The van der Waals surface area contributed by atoms with Gasteiger partial charge in [0.1, 0.15) is 5.82 Å². The molecule has 7 heteroatoms. The van der Waals surface area contributed by atoms with Crippen molar-refractivity contribution in [3.63, 3.8) is 0 Å². The van der Waals surface area contributed by atoms with Crippen molar-refractivity contribution in [1.29, 1.82) is 0 Å². The number of imidazole rings is 1. The third kappa shape index (κ3) is 3.24. The summed E-state index contributed by atoms with van der Waals surface area (Å²) in [5, 5.41) is 0. The first-order valence-corrected chi connectivity index (χ1v) is 9.74. The lowest BCUT2D eigenvalue weighted by atomic mass is 10.00. The van der Waals surface area contributed by atoms with Gasteiger partial charge in [0.25, 0.3) is 5.56 Å². The summed E-state index contributed by atoms with van der Waals surface area (Å²) in [6.07, 6.45) is 4.85. The van der Waals surface area contributed by atoms with Gasteiger partial charge in [-0.05, 0) is 31.7 Å². The van der Waals surface area contributed by atoms with Crippen LogP contribution in [0.15, 0.2) is 9.59 Å². The smallest absolute Gasteiger partial charge is 0.321 e. The Morgan fingerprint density at radius 3 is 2.54 bits per heavy atom. The van der Waals surface area contributed by atoms with Crippen LogP contribution < -0.4 is 11.2 Å². The normalized spacial score (nSPS) is 18.9. The molecule has 0 bridgehead atoms. The zero-order valence-corrected chi connectivity index (χ0v) is 16.7. The summed E-state index contributed by atoms with van der Waals surface area (Å²) in [5.74, 6) is 1.28. The van der Waals surface area contributed by atoms with Crippen LogP contribution >= 0.6 is 0 Å². The summed E-state index contributed by atoms with van der Waals surface area (Å²) >= 11 is 0. The highest BCUT2D eigenvalue weighted by Crippen LogP contribution is 2.23. The van der Waals surface area contributed by atoms with Crippen molar-refractivity contribution in [3.05, 3.63) is 26.7 Å². The highest BCUT2D eigenvalue weighted by atomic mass is 16.2. The van der Waals surface area contributed by atoms with Gasteiger partial charge in [-0.3, -0.25) is 18.8 Å². The first-order valence-electron chi connectivity index (χ1n) is 9.74. The molecule has 0 N–H and O–H groups in total. The average molecular weight is 361 g/mol. The molecule has 26 heavy (non-hydrogen) atoms. The molecule has 1 aliphatic rings. The number of hydrogen-bond donors (Lipinski definition) is 0. The highest BCUT2D eigenvalue weighted by molar-refractivity contribution is 5.71. The van der Waals surface area contributed by atoms with Gasteiger partial charge in [0.15, 0.2) is 11.2 Å². The van der Waals surface area contributed by atoms with Gasteiger partial charge in [0, 0.05) is 26.7 Å². The molecule has 1 atom stereocenters. The van der Waals surface area contributed by atoms with Crippen LogP contribution in [0.4, 0.5) is 0 Å². The summed E-state index contributed by atoms with van der Waals surface area (Å²) in [6, 6.07) is 0.572. The molecule has 1 aliphatic heterocycles. The third-order valence-electron chi connectivity index (χ3n) is 5.54. The summed E-state index contributed by atoms with van der Waals surface area (Å²) in [6.45, 7) is 9.04. The predicted molar refractivity (Wildman–Crippen MR) is 103 cm³/mol. The van der Waals surface area contributed by atoms with Crippen LogP contribution in [-0.2, 0) is 27.2 Å². The molecule has 0 aromatic carbocycles. The Hall–Kier alpha value is -1.89. The van der Waals surface area contributed by atoms with Crippen LogP contribution in [0.3, 0.4) is 0 Å². The molecule has 1 saturated heterocycles. The zero-order valence-electron chi connectivity index (χ0n) is 16.7. The SMILES string of the molecule is CC[C@H]1CCCCN1Cc1nc2c(c(=O)n(C)c(=O)n2C)n1CC(C)C. The molecule has 2 aromatic heterocycles. The molecule has 0 spiro atoms. The largest absolute Gasteiger partial charge is 0.332 e. The second-order valence-corrected chi connectivity index (χ2v) is 7.94. The van der Waals surface area contributed by atoms with E-state index in [2.05, 4.69) is 25.7 Å². The maximum Gasteiger partial charge on any atom is 0.332 e. The second kappa shape index (κ2) is 7.39. The van der Waals surface area contributed by atoms with Gasteiger partial charge in [-0.15, -0.1) is 0 Å². The van der Waals surface area contributed by atoms with Crippen LogP contribution in [0.1, 0.15) is 52.3 Å². The topological polar surface area (TPSA) is 65.1 Å². The van der Waals surface area contributed by atoms with Gasteiger partial charge in [-0.1, -0.05) is 27.2 Å². The number of fused-ring (bicyclic) bond motifs is 1. The molecule has 1 fully saturated rings. The number of hydrogen-bond acceptors (Lipinski definition) is 4. The number of likely N-dealkylation sites (tertiary alicyclic amines) is 1. The van der Waals surface area contributed by atoms with Crippen LogP contribution in [0, 0.1) is 5.92 Å². The van der Waals surface area contributed by atoms with Crippen molar-refractivity contribution >= 4 is 11.2 Å². The molecule has 0 aliphatic carbocycles. The van der Waals surface area contributed by atoms with E-state index >= 15 is 0 Å². The van der Waals surface area contributed by atoms with Crippen LogP contribution in [0.2, 0.25) is 0 Å². The van der Waals surface area contributed by atoms with Crippen molar-refractivity contribution in [2.75, 3.05) is 6.54 Å². The molecule has 3 rings (SSSR count). The van der Waals surface area contributed by atoms with Crippen LogP contribution in [-0.4, -0.2) is 36.2 Å². The van der Waals surface area contributed by atoms with Gasteiger partial charge in [0.05, 0.1) is 6.54 Å². The van der Waals surface area contributed by atoms with E-state index < -0.39 is 0 Å². The lowest BCUT2D eigenvalue weighted by Crippen LogP contribution is -2.39. The first-order chi connectivity index (χ1) is 12.3. The second-order valence-electron chi connectivity index (χ2n) is 7.94. The van der Waals surface area contributed by atoms with Crippen molar-refractivity contribution in [3.8, 4) is 0 Å². The van der Waals surface area contributed by atoms with Gasteiger partial charge in [-0.25, -0.2) is 9.78 Å². The van der Waals surface area contributed by atoms with Crippen LogP contribution in [0.25, 0.3) is 11.2 Å². The quantitative estimate of drug-likeness (QED) is 0.815. The molecule has 2 aromatic rings. The van der Waals surface area contributed by atoms with Gasteiger partial charge in [-0.2, -0.15) is 0 Å². The van der Waals surface area contributed by atoms with Crippen molar-refractivity contribution in [2.24, 2.45) is 20.0 Å². The Kier molecular flexibility index (Phi) is 5.37. The lowest BCUT2D eigenvalue weighted by Gasteiger charge is -2.35. The minimum atomic E-state index is -0.326. The molecular weight excluding hydrogens is 330 g/mol. The zero-order chi connectivity index (χ0) is 19.0. The molecule has 0 unspecified atom stereocenters. The molecule has 144 valence electrons. The van der Waals surface area contributed by atoms with Gasteiger partial charge < -0.3 is 4.57 Å². The minimum absolute atomic E-state index is 0.256. The standard InChI is InChI=1S/C19H31N5O2/c1-6-14-9-7-8-10-23(14)12-15-20-17-16(24(15)11-13(2)3)18(25)22(5)19(26)21(17)4/h13-14H,6-12H2,1-5H3/t14-/m0/s1. The maximum atomic E-state index is 12.8. The molecule has 3 heterocycles. The molecule has 7 nitrogen and oxygen atoms in total. The lowest BCUT2D eigenvalue weighted by molar-refractivity contribution is 0.131. The highest BCUT2D eigenvalue weighted by Gasteiger charge is 2.25. The van der Waals surface area contributed by atoms with E-state index in [4.69, 9.17) is 4.98 Å². The van der Waals surface area contributed by atoms with E-state index in [-0.39, 0.29) is 11.2 Å². The van der Waals surface area contributed by atoms with E-state index in [0.717, 1.165) is 31.9 Å². The Morgan fingerprint density at radius 2 is 1.88 bits per heavy atom. The number of rotatable bonds is 5. The van der Waals surface area contributed by atoms with Gasteiger partial charge in [0.2, 0.25) is 0 Å². The molecular formula is C19H31N5O2. The molecule has 0 amide bonds. The fourth-order valence-corrected chi connectivity index (χ4v) is 4.09. The van der Waals surface area contributed by atoms with E-state index in [0.29, 0.717) is 23.1 Å². The molecule has 0 radical (unpaired) electrons. The van der Waals surface area contributed by atoms with Crippen molar-refractivity contribution in [1.82, 2.24) is 23.6 Å². The van der Waals surface area contributed by atoms with Crippen LogP contribution in [0.5, 0.6) is 0 Å². The van der Waals surface area contributed by atoms with Crippen molar-refractivity contribution in [2.45, 2.75) is 65.6 Å². The van der Waals surface area contributed by atoms with Crippen molar-refractivity contribution < 1.29 is 0 Å². The fourth-order valence-electron chi connectivity index (χ4n) is 4.09. The number of aryl methyl sites for hydroxylation is 1. The monoisotopic (exact) mass is 361 g/mol. The van der Waals surface area contributed by atoms with E-state index in [9.17, 15) is 9.59 Å². The molecule has 0 saturated carbocycles. The number of aromatic nitrogens is 4. The Balaban J connectivity index is 2.15. The average Bonchev–Trinajstić information content (AvgIpc) is 2.96. The minimum Gasteiger partial charge on any atom is -0.321 e. The fraction of sp³-hybridized carbons (Fsp3) is 0.737. The Bertz CT molecular complexity index is 905. The Labute approximate surface area is 154 Å². The van der Waals surface area contributed by atoms with E-state index in [1.807, 2.05) is 4.57 Å².